The molecule has 112 valence electrons. The molecule has 0 saturated heterocycles. The van der Waals surface area contributed by atoms with E-state index < -0.39 is 0 Å². The van der Waals surface area contributed by atoms with E-state index in [1.807, 2.05) is 51.2 Å². The predicted octanol–water partition coefficient (Wildman–Crippen LogP) is 3.61. The molecule has 1 aromatic heterocycles. The minimum Gasteiger partial charge on any atom is -0.330 e. The van der Waals surface area contributed by atoms with E-state index in [0.717, 1.165) is 12.1 Å². The van der Waals surface area contributed by atoms with Crippen LogP contribution in [0, 0.1) is 0 Å². The molecule has 0 bridgehead atoms. The minimum absolute atomic E-state index is 0.0700. The van der Waals surface area contributed by atoms with E-state index in [-0.39, 0.29) is 11.9 Å². The van der Waals surface area contributed by atoms with Crippen LogP contribution in [0.1, 0.15) is 36.8 Å². The Bertz CT molecular complexity index is 621. The van der Waals surface area contributed by atoms with Crippen LogP contribution in [-0.2, 0) is 13.1 Å². The molecule has 0 unspecified atom stereocenters. The molecule has 21 heavy (non-hydrogen) atoms. The molecular formula is C16H20ClN3O. The number of rotatable bonds is 5. The summed E-state index contributed by atoms with van der Waals surface area (Å²) in [7, 11) is 0. The van der Waals surface area contributed by atoms with Crippen LogP contribution >= 0.6 is 11.6 Å². The number of aromatic nitrogens is 2. The molecule has 0 saturated carbocycles. The van der Waals surface area contributed by atoms with Crippen LogP contribution in [0.25, 0.3) is 0 Å². The van der Waals surface area contributed by atoms with Crippen molar-refractivity contribution in [2.45, 2.75) is 39.9 Å². The van der Waals surface area contributed by atoms with Crippen LogP contribution in [0.2, 0.25) is 5.02 Å². The summed E-state index contributed by atoms with van der Waals surface area (Å²) < 4.78 is 1.75. The van der Waals surface area contributed by atoms with E-state index in [0.29, 0.717) is 17.3 Å². The molecule has 1 heterocycles. The lowest BCUT2D eigenvalue weighted by Crippen LogP contribution is -2.36. The maximum Gasteiger partial charge on any atom is 0.274 e. The Balaban J connectivity index is 2.23. The second-order valence-electron chi connectivity index (χ2n) is 5.17. The van der Waals surface area contributed by atoms with Crippen molar-refractivity contribution in [2.75, 3.05) is 0 Å². The molecular weight excluding hydrogens is 286 g/mol. The number of amides is 1. The highest BCUT2D eigenvalue weighted by molar-refractivity contribution is 6.31. The zero-order chi connectivity index (χ0) is 15.4. The van der Waals surface area contributed by atoms with Crippen LogP contribution in [0.3, 0.4) is 0 Å². The van der Waals surface area contributed by atoms with Gasteiger partial charge in [-0.15, -0.1) is 0 Å². The van der Waals surface area contributed by atoms with Crippen LogP contribution in [0.15, 0.2) is 36.5 Å². The molecule has 2 rings (SSSR count). The molecule has 0 spiro atoms. The molecule has 0 N–H and O–H groups in total. The topological polar surface area (TPSA) is 38.1 Å². The second-order valence-corrected chi connectivity index (χ2v) is 5.58. The van der Waals surface area contributed by atoms with Gasteiger partial charge in [-0.3, -0.25) is 9.48 Å². The molecule has 0 radical (unpaired) electrons. The lowest BCUT2D eigenvalue weighted by Gasteiger charge is -2.26. The number of carbonyl (C=O) groups excluding carboxylic acids is 1. The number of hydrogen-bond donors (Lipinski definition) is 0. The SMILES string of the molecule is CCn1ccc(C(=O)N(Cc2ccccc2Cl)C(C)C)n1. The van der Waals surface area contributed by atoms with Crippen molar-refractivity contribution in [1.82, 2.24) is 14.7 Å². The van der Waals surface area contributed by atoms with Crippen LogP contribution in [-0.4, -0.2) is 26.6 Å². The van der Waals surface area contributed by atoms with E-state index in [1.165, 1.54) is 0 Å². The van der Waals surface area contributed by atoms with Crippen molar-refractivity contribution in [1.29, 1.82) is 0 Å². The fourth-order valence-electron chi connectivity index (χ4n) is 2.10. The number of nitrogens with zero attached hydrogens (tertiary/aromatic N) is 3. The average molecular weight is 306 g/mol. The number of halogens is 1. The van der Waals surface area contributed by atoms with Crippen molar-refractivity contribution in [2.24, 2.45) is 0 Å². The quantitative estimate of drug-likeness (QED) is 0.846. The van der Waals surface area contributed by atoms with Crippen LogP contribution < -0.4 is 0 Å². The Kier molecular flexibility index (Phi) is 5.02. The van der Waals surface area contributed by atoms with Gasteiger partial charge in [-0.25, -0.2) is 0 Å². The van der Waals surface area contributed by atoms with E-state index in [1.54, 1.807) is 15.6 Å². The van der Waals surface area contributed by atoms with Gasteiger partial charge in [-0.05, 0) is 38.5 Å². The maximum atomic E-state index is 12.6. The van der Waals surface area contributed by atoms with Gasteiger partial charge in [0.05, 0.1) is 0 Å². The zero-order valence-corrected chi connectivity index (χ0v) is 13.3. The third-order valence-corrected chi connectivity index (χ3v) is 3.74. The largest absolute Gasteiger partial charge is 0.330 e. The fourth-order valence-corrected chi connectivity index (χ4v) is 2.29. The summed E-state index contributed by atoms with van der Waals surface area (Å²) >= 11 is 6.19. The van der Waals surface area contributed by atoms with E-state index in [4.69, 9.17) is 11.6 Å². The summed E-state index contributed by atoms with van der Waals surface area (Å²) in [6.45, 7) is 7.21. The highest BCUT2D eigenvalue weighted by Crippen LogP contribution is 2.19. The molecule has 2 aromatic rings. The normalized spacial score (nSPS) is 10.9. The van der Waals surface area contributed by atoms with Crippen molar-refractivity contribution in [3.63, 3.8) is 0 Å². The first-order valence-electron chi connectivity index (χ1n) is 7.10. The van der Waals surface area contributed by atoms with Gasteiger partial charge in [0.1, 0.15) is 5.69 Å². The highest BCUT2D eigenvalue weighted by Gasteiger charge is 2.21. The lowest BCUT2D eigenvalue weighted by molar-refractivity contribution is 0.0683. The number of benzene rings is 1. The molecule has 0 aliphatic carbocycles. The van der Waals surface area contributed by atoms with Gasteiger partial charge in [-0.2, -0.15) is 5.10 Å². The zero-order valence-electron chi connectivity index (χ0n) is 12.6. The summed E-state index contributed by atoms with van der Waals surface area (Å²) in [5.41, 5.74) is 1.41. The van der Waals surface area contributed by atoms with E-state index in [9.17, 15) is 4.79 Å². The third-order valence-electron chi connectivity index (χ3n) is 3.37. The molecule has 0 aliphatic heterocycles. The average Bonchev–Trinajstić information content (AvgIpc) is 2.94. The first-order valence-corrected chi connectivity index (χ1v) is 7.48. The summed E-state index contributed by atoms with van der Waals surface area (Å²) in [5.74, 6) is -0.0721. The maximum absolute atomic E-state index is 12.6. The van der Waals surface area contributed by atoms with Gasteiger partial charge in [0.15, 0.2) is 0 Å². The van der Waals surface area contributed by atoms with Crippen LogP contribution in [0.4, 0.5) is 0 Å². The molecule has 0 aliphatic rings. The molecule has 0 atom stereocenters. The fraction of sp³-hybridized carbons (Fsp3) is 0.375. The Morgan fingerprint density at radius 3 is 2.62 bits per heavy atom. The minimum atomic E-state index is -0.0721. The smallest absolute Gasteiger partial charge is 0.274 e. The van der Waals surface area contributed by atoms with Gasteiger partial charge >= 0.3 is 0 Å². The summed E-state index contributed by atoms with van der Waals surface area (Å²) in [6.07, 6.45) is 1.82. The predicted molar refractivity (Wildman–Crippen MR) is 84.4 cm³/mol. The van der Waals surface area contributed by atoms with Gasteiger partial charge in [-0.1, -0.05) is 29.8 Å². The first-order chi connectivity index (χ1) is 10.0. The first kappa shape index (κ1) is 15.6. The van der Waals surface area contributed by atoms with Crippen molar-refractivity contribution >= 4 is 17.5 Å². The standard InChI is InChI=1S/C16H20ClN3O/c1-4-19-10-9-15(18-19)16(21)20(12(2)3)11-13-7-5-6-8-14(13)17/h5-10,12H,4,11H2,1-3H3. The monoisotopic (exact) mass is 305 g/mol. The number of aryl methyl sites for hydroxylation is 1. The Morgan fingerprint density at radius 1 is 1.33 bits per heavy atom. The summed E-state index contributed by atoms with van der Waals surface area (Å²) in [5, 5.41) is 4.96. The molecule has 1 amide bonds. The molecule has 5 heteroatoms. The third kappa shape index (κ3) is 3.64. The highest BCUT2D eigenvalue weighted by atomic mass is 35.5. The summed E-state index contributed by atoms with van der Waals surface area (Å²) in [4.78, 5) is 14.4. The lowest BCUT2D eigenvalue weighted by atomic mass is 10.1. The molecule has 1 aromatic carbocycles. The number of hydrogen-bond acceptors (Lipinski definition) is 2. The van der Waals surface area contributed by atoms with Crippen LogP contribution in [0.5, 0.6) is 0 Å². The van der Waals surface area contributed by atoms with Gasteiger partial charge in [0.2, 0.25) is 0 Å². The molecule has 4 nitrogen and oxygen atoms in total. The molecule has 0 fully saturated rings. The Hall–Kier alpha value is -1.81. The van der Waals surface area contributed by atoms with Gasteiger partial charge in [0, 0.05) is 30.4 Å². The second kappa shape index (κ2) is 6.76. The van der Waals surface area contributed by atoms with Crippen molar-refractivity contribution in [3.8, 4) is 0 Å². The van der Waals surface area contributed by atoms with Crippen molar-refractivity contribution < 1.29 is 4.79 Å². The Labute approximate surface area is 130 Å². The van der Waals surface area contributed by atoms with E-state index in [2.05, 4.69) is 5.10 Å². The number of carbonyl (C=O) groups is 1. The van der Waals surface area contributed by atoms with Gasteiger partial charge in [0.25, 0.3) is 5.91 Å². The van der Waals surface area contributed by atoms with Gasteiger partial charge < -0.3 is 4.90 Å². The van der Waals surface area contributed by atoms with Crippen molar-refractivity contribution in [3.05, 3.63) is 52.8 Å². The Morgan fingerprint density at radius 2 is 2.05 bits per heavy atom. The summed E-state index contributed by atoms with van der Waals surface area (Å²) in [6, 6.07) is 9.42. The van der Waals surface area contributed by atoms with E-state index >= 15 is 0 Å².